The first-order valence-electron chi connectivity index (χ1n) is 6.65. The molecule has 0 unspecified atom stereocenters. The van der Waals surface area contributed by atoms with Gasteiger partial charge in [-0.3, -0.25) is 9.59 Å². The Hall–Kier alpha value is -2.59. The highest BCUT2D eigenvalue weighted by Crippen LogP contribution is 2.21. The summed E-state index contributed by atoms with van der Waals surface area (Å²) >= 11 is 5.92. The Morgan fingerprint density at radius 1 is 1.14 bits per heavy atom. The lowest BCUT2D eigenvalue weighted by molar-refractivity contribution is 0.0997. The van der Waals surface area contributed by atoms with Crippen molar-refractivity contribution in [3.63, 3.8) is 0 Å². The van der Waals surface area contributed by atoms with Gasteiger partial charge in [0.25, 0.3) is 5.91 Å². The van der Waals surface area contributed by atoms with Crippen LogP contribution < -0.4 is 10.7 Å². The smallest absolute Gasteiger partial charge is 0.291 e. The van der Waals surface area contributed by atoms with Crippen LogP contribution in [-0.4, -0.2) is 5.91 Å². The Balaban J connectivity index is 1.99. The van der Waals surface area contributed by atoms with Crippen LogP contribution in [0.3, 0.4) is 0 Å². The van der Waals surface area contributed by atoms with E-state index >= 15 is 0 Å². The number of benzene rings is 2. The van der Waals surface area contributed by atoms with Crippen LogP contribution in [0.2, 0.25) is 5.02 Å². The highest BCUT2D eigenvalue weighted by Gasteiger charge is 2.13. The molecule has 1 amide bonds. The summed E-state index contributed by atoms with van der Waals surface area (Å²) in [5.41, 5.74) is 1.56. The fourth-order valence-corrected chi connectivity index (χ4v) is 2.30. The maximum atomic E-state index is 12.3. The molecule has 1 N–H and O–H groups in total. The summed E-state index contributed by atoms with van der Waals surface area (Å²) in [6, 6.07) is 13.2. The minimum Gasteiger partial charge on any atom is -0.451 e. The number of amides is 1. The van der Waals surface area contributed by atoms with Crippen molar-refractivity contribution in [2.75, 3.05) is 5.32 Å². The lowest BCUT2D eigenvalue weighted by atomic mass is 10.2. The van der Waals surface area contributed by atoms with Crippen molar-refractivity contribution < 1.29 is 9.21 Å². The molecular formula is C17H12ClNO3. The molecule has 2 aromatic carbocycles. The molecule has 110 valence electrons. The van der Waals surface area contributed by atoms with Crippen LogP contribution in [0.1, 0.15) is 16.1 Å². The van der Waals surface area contributed by atoms with E-state index in [1.807, 2.05) is 6.92 Å². The third kappa shape index (κ3) is 2.73. The Labute approximate surface area is 131 Å². The van der Waals surface area contributed by atoms with Crippen LogP contribution in [0.5, 0.6) is 0 Å². The van der Waals surface area contributed by atoms with Gasteiger partial charge in [0.15, 0.2) is 11.2 Å². The second kappa shape index (κ2) is 5.66. The second-order valence-electron chi connectivity index (χ2n) is 4.88. The average Bonchev–Trinajstić information content (AvgIpc) is 2.51. The van der Waals surface area contributed by atoms with Crippen molar-refractivity contribution in [1.82, 2.24) is 0 Å². The van der Waals surface area contributed by atoms with Crippen LogP contribution in [0.15, 0.2) is 57.7 Å². The van der Waals surface area contributed by atoms with Crippen LogP contribution >= 0.6 is 11.6 Å². The minimum absolute atomic E-state index is 0.0388. The molecule has 22 heavy (non-hydrogen) atoms. The van der Waals surface area contributed by atoms with Gasteiger partial charge in [0.2, 0.25) is 0 Å². The van der Waals surface area contributed by atoms with E-state index in [0.29, 0.717) is 21.7 Å². The molecule has 4 nitrogen and oxygen atoms in total. The summed E-state index contributed by atoms with van der Waals surface area (Å²) in [5.74, 6) is -0.531. The number of carbonyl (C=O) groups excluding carboxylic acids is 1. The van der Waals surface area contributed by atoms with Crippen molar-refractivity contribution in [1.29, 1.82) is 0 Å². The van der Waals surface area contributed by atoms with Gasteiger partial charge in [-0.25, -0.2) is 0 Å². The number of halogens is 1. The van der Waals surface area contributed by atoms with Gasteiger partial charge in [-0.1, -0.05) is 29.8 Å². The average molecular weight is 314 g/mol. The zero-order valence-corrected chi connectivity index (χ0v) is 12.5. The molecule has 1 aromatic heterocycles. The monoisotopic (exact) mass is 313 g/mol. The molecule has 0 radical (unpaired) electrons. The molecule has 0 saturated carbocycles. The number of nitrogens with one attached hydrogen (secondary N) is 1. The first-order valence-corrected chi connectivity index (χ1v) is 7.03. The summed E-state index contributed by atoms with van der Waals surface area (Å²) in [6.45, 7) is 1.85. The molecule has 0 spiro atoms. The third-order valence-electron chi connectivity index (χ3n) is 3.31. The topological polar surface area (TPSA) is 59.3 Å². The summed E-state index contributed by atoms with van der Waals surface area (Å²) in [4.78, 5) is 24.3. The molecule has 0 aliphatic carbocycles. The summed E-state index contributed by atoms with van der Waals surface area (Å²) in [5, 5.41) is 3.66. The molecule has 3 aromatic rings. The van der Waals surface area contributed by atoms with Crippen LogP contribution in [0.4, 0.5) is 5.69 Å². The number of hydrogen-bond donors (Lipinski definition) is 1. The molecular weight excluding hydrogens is 302 g/mol. The van der Waals surface area contributed by atoms with E-state index in [0.717, 1.165) is 5.56 Å². The minimum atomic E-state index is -0.492. The standard InChI is InChI=1S/C17H12ClNO3/c1-10-6-7-11(18)8-13(10)19-17(21)16-9-14(20)12-4-2-3-5-15(12)22-16/h2-9H,1H3,(H,19,21). The van der Waals surface area contributed by atoms with E-state index in [1.54, 1.807) is 42.5 Å². The highest BCUT2D eigenvalue weighted by molar-refractivity contribution is 6.31. The molecule has 0 aliphatic heterocycles. The van der Waals surface area contributed by atoms with Crippen LogP contribution in [0, 0.1) is 6.92 Å². The van der Waals surface area contributed by atoms with Gasteiger partial charge in [-0.2, -0.15) is 0 Å². The lowest BCUT2D eigenvalue weighted by Gasteiger charge is -2.08. The quantitative estimate of drug-likeness (QED) is 0.777. The molecule has 0 saturated heterocycles. The largest absolute Gasteiger partial charge is 0.451 e. The number of aryl methyl sites for hydroxylation is 1. The highest BCUT2D eigenvalue weighted by atomic mass is 35.5. The van der Waals surface area contributed by atoms with E-state index < -0.39 is 5.91 Å². The van der Waals surface area contributed by atoms with Crippen LogP contribution in [0.25, 0.3) is 11.0 Å². The predicted molar refractivity (Wildman–Crippen MR) is 86.6 cm³/mol. The van der Waals surface area contributed by atoms with Gasteiger partial charge in [-0.05, 0) is 36.8 Å². The van der Waals surface area contributed by atoms with Gasteiger partial charge in [-0.15, -0.1) is 0 Å². The number of anilines is 1. The molecule has 0 fully saturated rings. The summed E-state index contributed by atoms with van der Waals surface area (Å²) < 4.78 is 5.50. The Morgan fingerprint density at radius 2 is 1.91 bits per heavy atom. The van der Waals surface area contributed by atoms with Crippen molar-refractivity contribution in [2.45, 2.75) is 6.92 Å². The molecule has 0 bridgehead atoms. The Kier molecular flexibility index (Phi) is 3.69. The molecule has 3 rings (SSSR count). The Bertz CT molecular complexity index is 931. The number of hydrogen-bond acceptors (Lipinski definition) is 3. The lowest BCUT2D eigenvalue weighted by Crippen LogP contribution is -2.15. The molecule has 5 heteroatoms. The maximum absolute atomic E-state index is 12.3. The maximum Gasteiger partial charge on any atom is 0.291 e. The fraction of sp³-hybridized carbons (Fsp3) is 0.0588. The number of para-hydroxylation sites is 1. The van der Waals surface area contributed by atoms with E-state index in [2.05, 4.69) is 5.32 Å². The van der Waals surface area contributed by atoms with Crippen molar-refractivity contribution >= 4 is 34.2 Å². The Morgan fingerprint density at radius 3 is 2.73 bits per heavy atom. The van der Waals surface area contributed by atoms with E-state index in [1.165, 1.54) is 6.07 Å². The van der Waals surface area contributed by atoms with Crippen molar-refractivity contribution in [2.24, 2.45) is 0 Å². The summed E-state index contributed by atoms with van der Waals surface area (Å²) in [7, 11) is 0. The molecule has 0 atom stereocenters. The number of carbonyl (C=O) groups is 1. The predicted octanol–water partition coefficient (Wildman–Crippen LogP) is 4.01. The number of rotatable bonds is 2. The third-order valence-corrected chi connectivity index (χ3v) is 3.54. The van der Waals surface area contributed by atoms with Crippen molar-refractivity contribution in [3.8, 4) is 0 Å². The molecule has 1 heterocycles. The van der Waals surface area contributed by atoms with Gasteiger partial charge in [0.05, 0.1) is 5.39 Å². The van der Waals surface area contributed by atoms with E-state index in [-0.39, 0.29) is 11.2 Å². The normalized spacial score (nSPS) is 10.6. The van der Waals surface area contributed by atoms with E-state index in [4.69, 9.17) is 16.0 Å². The van der Waals surface area contributed by atoms with Gasteiger partial charge < -0.3 is 9.73 Å². The SMILES string of the molecule is Cc1ccc(Cl)cc1NC(=O)c1cc(=O)c2ccccc2o1. The molecule has 0 aliphatic rings. The van der Waals surface area contributed by atoms with Gasteiger partial charge in [0.1, 0.15) is 5.58 Å². The number of fused-ring (bicyclic) bond motifs is 1. The first kappa shape index (κ1) is 14.4. The van der Waals surface area contributed by atoms with Crippen molar-refractivity contribution in [3.05, 3.63) is 75.1 Å². The fourth-order valence-electron chi connectivity index (χ4n) is 2.13. The van der Waals surface area contributed by atoms with E-state index in [9.17, 15) is 9.59 Å². The van der Waals surface area contributed by atoms with Crippen LogP contribution in [-0.2, 0) is 0 Å². The van der Waals surface area contributed by atoms with Gasteiger partial charge >= 0.3 is 0 Å². The summed E-state index contributed by atoms with van der Waals surface area (Å²) in [6.07, 6.45) is 0. The van der Waals surface area contributed by atoms with Gasteiger partial charge in [0, 0.05) is 16.8 Å². The second-order valence-corrected chi connectivity index (χ2v) is 5.32. The zero-order chi connectivity index (χ0) is 15.7. The first-order chi connectivity index (χ1) is 10.5. The zero-order valence-electron chi connectivity index (χ0n) is 11.7.